The van der Waals surface area contributed by atoms with Gasteiger partial charge in [-0.2, -0.15) is 5.26 Å². The Hall–Kier alpha value is -3.09. The van der Waals surface area contributed by atoms with Crippen molar-refractivity contribution < 1.29 is 9.53 Å². The molecule has 172 valence electrons. The summed E-state index contributed by atoms with van der Waals surface area (Å²) in [5, 5.41) is 9.49. The van der Waals surface area contributed by atoms with Crippen LogP contribution in [0.5, 0.6) is 0 Å². The molecule has 33 heavy (non-hydrogen) atoms. The number of rotatable bonds is 6. The van der Waals surface area contributed by atoms with Crippen molar-refractivity contribution >= 4 is 25.1 Å². The van der Waals surface area contributed by atoms with E-state index in [1.807, 2.05) is 30.9 Å². The monoisotopic (exact) mass is 462 g/mol. The third kappa shape index (κ3) is 4.54. The second kappa shape index (κ2) is 9.04. The van der Waals surface area contributed by atoms with Crippen molar-refractivity contribution in [3.63, 3.8) is 0 Å². The first-order valence-electron chi connectivity index (χ1n) is 11.3. The summed E-state index contributed by atoms with van der Waals surface area (Å²) in [4.78, 5) is 29.0. The summed E-state index contributed by atoms with van der Waals surface area (Å²) < 4.78 is 7.81. The maximum absolute atomic E-state index is 13.7. The molecule has 9 heteroatoms. The van der Waals surface area contributed by atoms with E-state index >= 15 is 0 Å². The van der Waals surface area contributed by atoms with Gasteiger partial charge in [0.15, 0.2) is 5.65 Å². The molecule has 0 aromatic carbocycles. The molecule has 0 radical (unpaired) electrons. The SMILES string of the molecule is Cc1c(C#N)cnc2nc(C(=O)N3CCc4ncccc4[C@H]3C)n(COCC[Si](C)(C)C)c12. The molecule has 1 amide bonds. The summed E-state index contributed by atoms with van der Waals surface area (Å²) in [5.41, 5.74) is 4.45. The Morgan fingerprint density at radius 3 is 2.85 bits per heavy atom. The van der Waals surface area contributed by atoms with Crippen LogP contribution in [0.4, 0.5) is 0 Å². The predicted octanol–water partition coefficient (Wildman–Crippen LogP) is 4.08. The fraction of sp³-hybridized carbons (Fsp3) is 0.458. The van der Waals surface area contributed by atoms with Gasteiger partial charge in [0.1, 0.15) is 12.8 Å². The highest BCUT2D eigenvalue weighted by molar-refractivity contribution is 6.76. The van der Waals surface area contributed by atoms with E-state index in [2.05, 4.69) is 40.7 Å². The number of nitrogens with zero attached hydrogens (tertiary/aromatic N) is 6. The molecule has 8 nitrogen and oxygen atoms in total. The molecular weight excluding hydrogens is 432 g/mol. The number of amides is 1. The Morgan fingerprint density at radius 2 is 2.12 bits per heavy atom. The Balaban J connectivity index is 1.71. The maximum atomic E-state index is 13.7. The number of ether oxygens (including phenoxy) is 1. The first-order valence-corrected chi connectivity index (χ1v) is 15.0. The van der Waals surface area contributed by atoms with Gasteiger partial charge in [0, 0.05) is 45.7 Å². The third-order valence-corrected chi connectivity index (χ3v) is 7.95. The fourth-order valence-electron chi connectivity index (χ4n) is 4.22. The average molecular weight is 463 g/mol. The van der Waals surface area contributed by atoms with Crippen molar-refractivity contribution in [2.45, 2.75) is 58.7 Å². The van der Waals surface area contributed by atoms with Gasteiger partial charge in [-0.1, -0.05) is 25.7 Å². The van der Waals surface area contributed by atoms with Gasteiger partial charge in [0.2, 0.25) is 5.82 Å². The van der Waals surface area contributed by atoms with E-state index in [1.165, 1.54) is 6.20 Å². The molecule has 0 saturated carbocycles. The Labute approximate surface area is 195 Å². The van der Waals surface area contributed by atoms with Crippen molar-refractivity contribution in [2.75, 3.05) is 13.2 Å². The lowest BCUT2D eigenvalue weighted by atomic mass is 9.98. The van der Waals surface area contributed by atoms with E-state index in [9.17, 15) is 10.1 Å². The minimum Gasteiger partial charge on any atom is -0.361 e. The number of pyridine rings is 2. The zero-order valence-corrected chi connectivity index (χ0v) is 20.9. The number of aromatic nitrogens is 4. The summed E-state index contributed by atoms with van der Waals surface area (Å²) in [6.07, 6.45) is 4.01. The molecule has 0 bridgehead atoms. The van der Waals surface area contributed by atoms with Gasteiger partial charge < -0.3 is 9.64 Å². The molecule has 1 aliphatic heterocycles. The van der Waals surface area contributed by atoms with E-state index in [-0.39, 0.29) is 18.7 Å². The highest BCUT2D eigenvalue weighted by atomic mass is 28.3. The van der Waals surface area contributed by atoms with Crippen LogP contribution in [-0.2, 0) is 17.9 Å². The standard InChI is InChI=1S/C24H30N6O2Si/c1-16-18(13-25)14-27-22-21(16)30(15-32-11-12-33(3,4)5)23(28-22)24(31)29-10-8-20-19(17(29)2)7-6-9-26-20/h6-7,9,14,17H,8,10-12,15H2,1-5H3/t17-/m1/s1. The lowest BCUT2D eigenvalue weighted by molar-refractivity contribution is 0.0606. The number of aryl methyl sites for hydroxylation is 1. The summed E-state index contributed by atoms with van der Waals surface area (Å²) in [5.74, 6) is 0.129. The number of carbonyl (C=O) groups excluding carboxylic acids is 1. The molecule has 3 aromatic rings. The molecule has 0 N–H and O–H groups in total. The van der Waals surface area contributed by atoms with Crippen LogP contribution in [0, 0.1) is 18.3 Å². The van der Waals surface area contributed by atoms with Gasteiger partial charge >= 0.3 is 0 Å². The van der Waals surface area contributed by atoms with Crippen molar-refractivity contribution in [2.24, 2.45) is 0 Å². The van der Waals surface area contributed by atoms with E-state index < -0.39 is 8.07 Å². The smallest absolute Gasteiger partial charge is 0.290 e. The molecule has 4 rings (SSSR count). The van der Waals surface area contributed by atoms with Gasteiger partial charge in [-0.15, -0.1) is 0 Å². The molecule has 1 atom stereocenters. The summed E-state index contributed by atoms with van der Waals surface area (Å²) >= 11 is 0. The molecular formula is C24H30N6O2Si. The maximum Gasteiger partial charge on any atom is 0.290 e. The molecule has 4 heterocycles. The Kier molecular flexibility index (Phi) is 6.32. The quantitative estimate of drug-likeness (QED) is 0.404. The number of carbonyl (C=O) groups is 1. The predicted molar refractivity (Wildman–Crippen MR) is 128 cm³/mol. The normalized spacial score (nSPS) is 16.0. The van der Waals surface area contributed by atoms with E-state index in [1.54, 1.807) is 10.8 Å². The van der Waals surface area contributed by atoms with Crippen molar-refractivity contribution in [3.8, 4) is 6.07 Å². The van der Waals surface area contributed by atoms with Crippen LogP contribution in [0.1, 0.15) is 46.0 Å². The molecule has 0 saturated heterocycles. The van der Waals surface area contributed by atoms with Crippen LogP contribution >= 0.6 is 0 Å². The number of fused-ring (bicyclic) bond motifs is 2. The Morgan fingerprint density at radius 1 is 1.33 bits per heavy atom. The molecule has 0 spiro atoms. The van der Waals surface area contributed by atoms with Gasteiger partial charge in [-0.05, 0) is 37.1 Å². The zero-order valence-electron chi connectivity index (χ0n) is 19.9. The molecule has 0 aliphatic carbocycles. The molecule has 0 unspecified atom stereocenters. The van der Waals surface area contributed by atoms with Crippen LogP contribution < -0.4 is 0 Å². The zero-order chi connectivity index (χ0) is 23.8. The van der Waals surface area contributed by atoms with E-state index in [0.29, 0.717) is 42.1 Å². The molecule has 3 aromatic heterocycles. The van der Waals surface area contributed by atoms with Gasteiger partial charge in [0.05, 0.1) is 17.1 Å². The van der Waals surface area contributed by atoms with Crippen molar-refractivity contribution in [1.29, 1.82) is 5.26 Å². The number of hydrogen-bond acceptors (Lipinski definition) is 6. The first kappa shape index (κ1) is 23.1. The second-order valence-electron chi connectivity index (χ2n) is 9.76. The van der Waals surface area contributed by atoms with E-state index in [4.69, 9.17) is 4.74 Å². The highest BCUT2D eigenvalue weighted by Gasteiger charge is 2.32. The summed E-state index contributed by atoms with van der Waals surface area (Å²) in [6, 6.07) is 7.03. The van der Waals surface area contributed by atoms with Crippen LogP contribution in [-0.4, -0.2) is 51.6 Å². The lowest BCUT2D eigenvalue weighted by Gasteiger charge is -2.34. The van der Waals surface area contributed by atoms with Gasteiger partial charge in [-0.25, -0.2) is 9.97 Å². The second-order valence-corrected chi connectivity index (χ2v) is 15.4. The largest absolute Gasteiger partial charge is 0.361 e. The number of hydrogen-bond donors (Lipinski definition) is 0. The van der Waals surface area contributed by atoms with Gasteiger partial charge in [0.25, 0.3) is 5.91 Å². The molecule has 1 aliphatic rings. The minimum absolute atomic E-state index is 0.111. The lowest BCUT2D eigenvalue weighted by Crippen LogP contribution is -2.40. The average Bonchev–Trinajstić information content (AvgIpc) is 3.16. The number of imidazole rings is 1. The topological polar surface area (TPSA) is 96.9 Å². The summed E-state index contributed by atoms with van der Waals surface area (Å²) in [6.45, 7) is 12.2. The first-order chi connectivity index (χ1) is 15.7. The molecule has 0 fully saturated rings. The van der Waals surface area contributed by atoms with Crippen LogP contribution in [0.25, 0.3) is 11.2 Å². The van der Waals surface area contributed by atoms with Crippen LogP contribution in [0.15, 0.2) is 24.5 Å². The third-order valence-electron chi connectivity index (χ3n) is 6.25. The van der Waals surface area contributed by atoms with Gasteiger partial charge in [-0.3, -0.25) is 14.3 Å². The number of nitriles is 1. The fourth-order valence-corrected chi connectivity index (χ4v) is 4.98. The van der Waals surface area contributed by atoms with Crippen molar-refractivity contribution in [3.05, 3.63) is 52.7 Å². The van der Waals surface area contributed by atoms with Crippen LogP contribution in [0.3, 0.4) is 0 Å². The highest BCUT2D eigenvalue weighted by Crippen LogP contribution is 2.30. The van der Waals surface area contributed by atoms with E-state index in [0.717, 1.165) is 22.9 Å². The van der Waals surface area contributed by atoms with Crippen molar-refractivity contribution in [1.82, 2.24) is 24.4 Å². The minimum atomic E-state index is -1.25. The van der Waals surface area contributed by atoms with Crippen LogP contribution in [0.2, 0.25) is 25.7 Å². The summed E-state index contributed by atoms with van der Waals surface area (Å²) in [7, 11) is -1.25. The Bertz CT molecular complexity index is 1240.